The number of rotatable bonds is 8. The maximum absolute atomic E-state index is 5.31. The SMILES string of the molecule is C=C(C)OCCN(CSC)CSC. The Morgan fingerprint density at radius 1 is 1.31 bits per heavy atom. The molecule has 0 radical (unpaired) electrons. The largest absolute Gasteiger partial charge is 0.498 e. The van der Waals surface area contributed by atoms with Crippen LogP contribution >= 0.6 is 23.5 Å². The van der Waals surface area contributed by atoms with Crippen LogP contribution in [0.3, 0.4) is 0 Å². The highest BCUT2D eigenvalue weighted by atomic mass is 32.2. The molecule has 0 rings (SSSR count). The lowest BCUT2D eigenvalue weighted by atomic mass is 10.6. The van der Waals surface area contributed by atoms with Crippen molar-refractivity contribution in [3.05, 3.63) is 12.3 Å². The summed E-state index contributed by atoms with van der Waals surface area (Å²) in [6.07, 6.45) is 4.24. The molecule has 0 N–H and O–H groups in total. The molecule has 0 aliphatic rings. The van der Waals surface area contributed by atoms with E-state index in [1.54, 1.807) is 0 Å². The summed E-state index contributed by atoms with van der Waals surface area (Å²) in [5.74, 6) is 2.94. The fraction of sp³-hybridized carbons (Fsp3) is 0.778. The quantitative estimate of drug-likeness (QED) is 0.461. The normalized spacial score (nSPS) is 10.5. The lowest BCUT2D eigenvalue weighted by Crippen LogP contribution is -2.26. The third-order valence-corrected chi connectivity index (χ3v) is 2.63. The number of hydrogen-bond donors (Lipinski definition) is 0. The first kappa shape index (κ1) is 13.2. The van der Waals surface area contributed by atoms with E-state index in [0.717, 1.165) is 30.7 Å². The molecule has 0 aromatic carbocycles. The van der Waals surface area contributed by atoms with Crippen molar-refractivity contribution >= 4 is 23.5 Å². The third-order valence-electron chi connectivity index (χ3n) is 1.38. The van der Waals surface area contributed by atoms with E-state index >= 15 is 0 Å². The molecule has 0 aliphatic carbocycles. The van der Waals surface area contributed by atoms with Gasteiger partial charge in [-0.05, 0) is 19.4 Å². The van der Waals surface area contributed by atoms with E-state index in [1.807, 2.05) is 30.4 Å². The molecular formula is C9H19NOS2. The molecule has 0 aliphatic heterocycles. The fourth-order valence-electron chi connectivity index (χ4n) is 0.880. The molecule has 13 heavy (non-hydrogen) atoms. The zero-order chi connectivity index (χ0) is 10.1. The van der Waals surface area contributed by atoms with E-state index < -0.39 is 0 Å². The molecule has 0 aromatic rings. The van der Waals surface area contributed by atoms with Crippen molar-refractivity contribution in [1.82, 2.24) is 4.90 Å². The van der Waals surface area contributed by atoms with Crippen molar-refractivity contribution in [2.45, 2.75) is 6.92 Å². The molecule has 0 aromatic heterocycles. The predicted molar refractivity (Wildman–Crippen MR) is 64.2 cm³/mol. The number of allylic oxidation sites excluding steroid dienone is 1. The van der Waals surface area contributed by atoms with Crippen LogP contribution < -0.4 is 0 Å². The van der Waals surface area contributed by atoms with Gasteiger partial charge in [0, 0.05) is 18.3 Å². The van der Waals surface area contributed by atoms with Crippen LogP contribution in [-0.4, -0.2) is 42.3 Å². The third kappa shape index (κ3) is 8.53. The first-order chi connectivity index (χ1) is 6.20. The Balaban J connectivity index is 3.49. The molecule has 0 atom stereocenters. The van der Waals surface area contributed by atoms with Gasteiger partial charge in [0.05, 0.1) is 5.76 Å². The molecule has 0 spiro atoms. The fourth-order valence-corrected chi connectivity index (χ4v) is 2.17. The van der Waals surface area contributed by atoms with Crippen LogP contribution in [0, 0.1) is 0 Å². The van der Waals surface area contributed by atoms with Gasteiger partial charge in [-0.3, -0.25) is 4.90 Å². The molecule has 0 unspecified atom stereocenters. The molecule has 0 saturated heterocycles. The summed E-state index contributed by atoms with van der Waals surface area (Å²) in [5, 5.41) is 0. The lowest BCUT2D eigenvalue weighted by molar-refractivity contribution is 0.181. The van der Waals surface area contributed by atoms with Crippen LogP contribution in [0.5, 0.6) is 0 Å². The van der Waals surface area contributed by atoms with Gasteiger partial charge < -0.3 is 4.74 Å². The summed E-state index contributed by atoms with van der Waals surface area (Å²) in [5.41, 5.74) is 0. The number of thioether (sulfide) groups is 2. The Hall–Kier alpha value is 0.200. The molecule has 0 saturated carbocycles. The molecule has 0 heterocycles. The zero-order valence-corrected chi connectivity index (χ0v) is 10.3. The standard InChI is InChI=1S/C9H19NOS2/c1-9(2)11-6-5-10(7-12-3)8-13-4/h1,5-8H2,2-4H3. The Labute approximate surface area is 90.1 Å². The van der Waals surface area contributed by atoms with Gasteiger partial charge in [-0.1, -0.05) is 6.58 Å². The second-order valence-corrected chi connectivity index (χ2v) is 4.45. The smallest absolute Gasteiger partial charge is 0.100 e. The number of ether oxygens (including phenoxy) is 1. The van der Waals surface area contributed by atoms with Crippen molar-refractivity contribution in [2.75, 3.05) is 37.4 Å². The number of hydrogen-bond acceptors (Lipinski definition) is 4. The van der Waals surface area contributed by atoms with Gasteiger partial charge in [0.2, 0.25) is 0 Å². The van der Waals surface area contributed by atoms with Crippen molar-refractivity contribution < 1.29 is 4.74 Å². The van der Waals surface area contributed by atoms with Crippen molar-refractivity contribution in [2.24, 2.45) is 0 Å². The van der Waals surface area contributed by atoms with Gasteiger partial charge in [-0.2, -0.15) is 0 Å². The highest BCUT2D eigenvalue weighted by Gasteiger charge is 2.02. The van der Waals surface area contributed by atoms with Crippen molar-refractivity contribution in [1.29, 1.82) is 0 Å². The maximum Gasteiger partial charge on any atom is 0.100 e. The minimum Gasteiger partial charge on any atom is -0.498 e. The predicted octanol–water partition coefficient (Wildman–Crippen LogP) is 2.48. The van der Waals surface area contributed by atoms with Crippen LogP contribution in [-0.2, 0) is 4.74 Å². The van der Waals surface area contributed by atoms with Gasteiger partial charge in [0.15, 0.2) is 0 Å². The van der Waals surface area contributed by atoms with Gasteiger partial charge >= 0.3 is 0 Å². The summed E-state index contributed by atoms with van der Waals surface area (Å²) in [6.45, 7) is 7.30. The number of nitrogens with zero attached hydrogens (tertiary/aromatic N) is 1. The summed E-state index contributed by atoms with van der Waals surface area (Å²) in [6, 6.07) is 0. The summed E-state index contributed by atoms with van der Waals surface area (Å²) >= 11 is 3.69. The van der Waals surface area contributed by atoms with Crippen molar-refractivity contribution in [3.63, 3.8) is 0 Å². The van der Waals surface area contributed by atoms with Gasteiger partial charge in [0.1, 0.15) is 6.61 Å². The molecule has 2 nitrogen and oxygen atoms in total. The Morgan fingerprint density at radius 2 is 1.85 bits per heavy atom. The van der Waals surface area contributed by atoms with Crippen LogP contribution in [0.1, 0.15) is 6.92 Å². The van der Waals surface area contributed by atoms with Gasteiger partial charge in [-0.25, -0.2) is 0 Å². The second kappa shape index (κ2) is 8.78. The van der Waals surface area contributed by atoms with E-state index in [2.05, 4.69) is 24.0 Å². The molecule has 4 heteroatoms. The van der Waals surface area contributed by atoms with Crippen molar-refractivity contribution in [3.8, 4) is 0 Å². The molecule has 0 fully saturated rings. The molecule has 0 amide bonds. The van der Waals surface area contributed by atoms with E-state index in [4.69, 9.17) is 4.74 Å². The van der Waals surface area contributed by atoms with Gasteiger partial charge in [0.25, 0.3) is 0 Å². The highest BCUT2D eigenvalue weighted by molar-refractivity contribution is 7.99. The van der Waals surface area contributed by atoms with Crippen LogP contribution in [0.25, 0.3) is 0 Å². The molecule has 0 bridgehead atoms. The summed E-state index contributed by atoms with van der Waals surface area (Å²) < 4.78 is 5.31. The Kier molecular flexibility index (Phi) is 8.92. The monoisotopic (exact) mass is 221 g/mol. The minimum absolute atomic E-state index is 0.746. The lowest BCUT2D eigenvalue weighted by Gasteiger charge is -2.19. The van der Waals surface area contributed by atoms with E-state index in [-0.39, 0.29) is 0 Å². The van der Waals surface area contributed by atoms with E-state index in [9.17, 15) is 0 Å². The van der Waals surface area contributed by atoms with Gasteiger partial charge in [-0.15, -0.1) is 23.5 Å². The average Bonchev–Trinajstić information content (AvgIpc) is 2.04. The molecule has 78 valence electrons. The first-order valence-electron chi connectivity index (χ1n) is 4.19. The maximum atomic E-state index is 5.31. The molecular weight excluding hydrogens is 202 g/mol. The Bertz CT molecular complexity index is 136. The summed E-state index contributed by atoms with van der Waals surface area (Å²) in [7, 11) is 0. The topological polar surface area (TPSA) is 12.5 Å². The van der Waals surface area contributed by atoms with Crippen LogP contribution in [0.4, 0.5) is 0 Å². The Morgan fingerprint density at radius 3 is 2.23 bits per heavy atom. The second-order valence-electron chi connectivity index (χ2n) is 2.78. The van der Waals surface area contributed by atoms with E-state index in [1.165, 1.54) is 0 Å². The average molecular weight is 221 g/mol. The minimum atomic E-state index is 0.746. The first-order valence-corrected chi connectivity index (χ1v) is 6.98. The highest BCUT2D eigenvalue weighted by Crippen LogP contribution is 2.04. The van der Waals surface area contributed by atoms with E-state index in [0.29, 0.717) is 0 Å². The zero-order valence-electron chi connectivity index (χ0n) is 8.71. The summed E-state index contributed by atoms with van der Waals surface area (Å²) in [4.78, 5) is 2.36. The van der Waals surface area contributed by atoms with Crippen LogP contribution in [0.15, 0.2) is 12.3 Å². The van der Waals surface area contributed by atoms with Crippen LogP contribution in [0.2, 0.25) is 0 Å².